The topological polar surface area (TPSA) is 26.3 Å². The van der Waals surface area contributed by atoms with Crippen molar-refractivity contribution >= 4 is 5.97 Å². The van der Waals surface area contributed by atoms with Crippen LogP contribution in [0.2, 0.25) is 0 Å². The average Bonchev–Trinajstić information content (AvgIpc) is 2.37. The number of hydrogen-bond donors (Lipinski definition) is 0. The second-order valence-corrected chi connectivity index (χ2v) is 4.90. The van der Waals surface area contributed by atoms with E-state index in [2.05, 4.69) is 38.1 Å². The molecule has 1 rings (SSSR count). The van der Waals surface area contributed by atoms with E-state index in [4.69, 9.17) is 4.74 Å². The zero-order chi connectivity index (χ0) is 12.7. The molecule has 0 N–H and O–H groups in total. The molecule has 1 aromatic rings. The van der Waals surface area contributed by atoms with Gasteiger partial charge in [0.2, 0.25) is 0 Å². The number of hydrogen-bond acceptors (Lipinski definition) is 2. The summed E-state index contributed by atoms with van der Waals surface area (Å²) in [5.41, 5.74) is 1.51. The quantitative estimate of drug-likeness (QED) is 0.703. The largest absolute Gasteiger partial charge is 0.469 e. The Hall–Kier alpha value is -1.31. The Morgan fingerprint density at radius 3 is 2.47 bits per heavy atom. The molecule has 0 fully saturated rings. The first-order chi connectivity index (χ1) is 8.09. The maximum absolute atomic E-state index is 11.2. The van der Waals surface area contributed by atoms with Gasteiger partial charge in [-0.15, -0.1) is 0 Å². The van der Waals surface area contributed by atoms with Crippen LogP contribution in [0.25, 0.3) is 0 Å². The third-order valence-electron chi connectivity index (χ3n) is 3.49. The molecule has 0 aliphatic carbocycles. The molecule has 0 aliphatic heterocycles. The van der Waals surface area contributed by atoms with E-state index in [1.165, 1.54) is 12.7 Å². The van der Waals surface area contributed by atoms with Crippen LogP contribution < -0.4 is 0 Å². The van der Waals surface area contributed by atoms with Gasteiger partial charge in [-0.3, -0.25) is 4.79 Å². The van der Waals surface area contributed by atoms with Gasteiger partial charge in [0.1, 0.15) is 0 Å². The molecule has 1 atom stereocenters. The fourth-order valence-electron chi connectivity index (χ4n) is 1.98. The van der Waals surface area contributed by atoms with Gasteiger partial charge >= 0.3 is 5.97 Å². The maximum Gasteiger partial charge on any atom is 0.305 e. The number of benzene rings is 1. The minimum Gasteiger partial charge on any atom is -0.469 e. The van der Waals surface area contributed by atoms with Crippen molar-refractivity contribution < 1.29 is 9.53 Å². The molecule has 1 unspecified atom stereocenters. The molecule has 0 saturated heterocycles. The predicted molar refractivity (Wildman–Crippen MR) is 69.8 cm³/mol. The van der Waals surface area contributed by atoms with Gasteiger partial charge in [0.15, 0.2) is 0 Å². The molecule has 0 aromatic heterocycles. The summed E-state index contributed by atoms with van der Waals surface area (Å²) in [5, 5.41) is 0. The summed E-state index contributed by atoms with van der Waals surface area (Å²) in [4.78, 5) is 11.2. The van der Waals surface area contributed by atoms with E-state index < -0.39 is 0 Å². The zero-order valence-electron chi connectivity index (χ0n) is 11.0. The number of methoxy groups -OCH3 is 1. The summed E-state index contributed by atoms with van der Waals surface area (Å²) in [6.45, 7) is 4.42. The van der Waals surface area contributed by atoms with Crippen LogP contribution in [0.15, 0.2) is 30.3 Å². The van der Waals surface area contributed by atoms with E-state index >= 15 is 0 Å². The highest BCUT2D eigenvalue weighted by atomic mass is 16.5. The molecule has 94 valence electrons. The van der Waals surface area contributed by atoms with Gasteiger partial charge in [-0.25, -0.2) is 0 Å². The standard InChI is InChI=1S/C15H22O2/c1-4-15(2,11-10-14(16)17-3)12-13-8-6-5-7-9-13/h5-9H,4,10-12H2,1-3H3. The molecule has 2 heteroatoms. The first-order valence-electron chi connectivity index (χ1n) is 6.20. The number of ether oxygens (including phenoxy) is 1. The normalized spacial score (nSPS) is 14.1. The van der Waals surface area contributed by atoms with E-state index in [0.29, 0.717) is 6.42 Å². The van der Waals surface area contributed by atoms with Crippen molar-refractivity contribution in [2.45, 2.75) is 39.5 Å². The summed E-state index contributed by atoms with van der Waals surface area (Å²) < 4.78 is 4.70. The van der Waals surface area contributed by atoms with Crippen LogP contribution >= 0.6 is 0 Å². The van der Waals surface area contributed by atoms with E-state index in [-0.39, 0.29) is 11.4 Å². The SMILES string of the molecule is CCC(C)(CCC(=O)OC)Cc1ccccc1. The molecule has 0 amide bonds. The summed E-state index contributed by atoms with van der Waals surface area (Å²) in [6, 6.07) is 10.4. The lowest BCUT2D eigenvalue weighted by Gasteiger charge is -2.28. The monoisotopic (exact) mass is 234 g/mol. The first kappa shape index (κ1) is 13.8. The summed E-state index contributed by atoms with van der Waals surface area (Å²) in [6.07, 6.45) is 3.47. The van der Waals surface area contributed by atoms with Crippen LogP contribution in [0.1, 0.15) is 38.7 Å². The van der Waals surface area contributed by atoms with Gasteiger partial charge in [-0.2, -0.15) is 0 Å². The van der Waals surface area contributed by atoms with Crippen molar-refractivity contribution in [3.05, 3.63) is 35.9 Å². The van der Waals surface area contributed by atoms with Gasteiger partial charge in [-0.1, -0.05) is 50.6 Å². The molecule has 0 spiro atoms. The fraction of sp³-hybridized carbons (Fsp3) is 0.533. The van der Waals surface area contributed by atoms with Gasteiger partial charge in [-0.05, 0) is 23.8 Å². The highest BCUT2D eigenvalue weighted by molar-refractivity contribution is 5.69. The van der Waals surface area contributed by atoms with Crippen LogP contribution in [0.3, 0.4) is 0 Å². The Labute approximate surface area is 104 Å². The second kappa shape index (κ2) is 6.43. The molecule has 1 aromatic carbocycles. The van der Waals surface area contributed by atoms with Crippen LogP contribution in [-0.4, -0.2) is 13.1 Å². The minimum atomic E-state index is -0.113. The van der Waals surface area contributed by atoms with Crippen molar-refractivity contribution in [2.75, 3.05) is 7.11 Å². The van der Waals surface area contributed by atoms with E-state index in [0.717, 1.165) is 19.3 Å². The minimum absolute atomic E-state index is 0.113. The highest BCUT2D eigenvalue weighted by Crippen LogP contribution is 2.31. The molecule has 17 heavy (non-hydrogen) atoms. The van der Waals surface area contributed by atoms with Crippen LogP contribution in [-0.2, 0) is 16.0 Å². The van der Waals surface area contributed by atoms with Crippen LogP contribution in [0, 0.1) is 5.41 Å². The van der Waals surface area contributed by atoms with Crippen molar-refractivity contribution in [3.8, 4) is 0 Å². The maximum atomic E-state index is 11.2. The molecule has 0 bridgehead atoms. The van der Waals surface area contributed by atoms with Gasteiger partial charge in [0, 0.05) is 6.42 Å². The number of rotatable bonds is 6. The highest BCUT2D eigenvalue weighted by Gasteiger charge is 2.23. The Morgan fingerprint density at radius 2 is 1.94 bits per heavy atom. The Balaban J connectivity index is 2.59. The van der Waals surface area contributed by atoms with Crippen molar-refractivity contribution in [2.24, 2.45) is 5.41 Å². The summed E-state index contributed by atoms with van der Waals surface area (Å²) >= 11 is 0. The van der Waals surface area contributed by atoms with Crippen LogP contribution in [0.4, 0.5) is 0 Å². The zero-order valence-corrected chi connectivity index (χ0v) is 11.0. The molecule has 0 radical (unpaired) electrons. The average molecular weight is 234 g/mol. The van der Waals surface area contributed by atoms with Gasteiger partial charge in [0.05, 0.1) is 7.11 Å². The third-order valence-corrected chi connectivity index (χ3v) is 3.49. The number of esters is 1. The Kier molecular flexibility index (Phi) is 5.20. The molecule has 2 nitrogen and oxygen atoms in total. The Morgan fingerprint density at radius 1 is 1.29 bits per heavy atom. The van der Waals surface area contributed by atoms with E-state index in [1.807, 2.05) is 6.07 Å². The number of carbonyl (C=O) groups excluding carboxylic acids is 1. The molecule has 0 saturated carbocycles. The first-order valence-corrected chi connectivity index (χ1v) is 6.20. The van der Waals surface area contributed by atoms with Gasteiger partial charge in [0.25, 0.3) is 0 Å². The number of carbonyl (C=O) groups is 1. The van der Waals surface area contributed by atoms with Crippen LogP contribution in [0.5, 0.6) is 0 Å². The molecule has 0 aliphatic rings. The van der Waals surface area contributed by atoms with Crippen molar-refractivity contribution in [1.82, 2.24) is 0 Å². The van der Waals surface area contributed by atoms with Crippen molar-refractivity contribution in [1.29, 1.82) is 0 Å². The fourth-order valence-corrected chi connectivity index (χ4v) is 1.98. The van der Waals surface area contributed by atoms with Crippen molar-refractivity contribution in [3.63, 3.8) is 0 Å². The van der Waals surface area contributed by atoms with E-state index in [1.54, 1.807) is 0 Å². The lowest BCUT2D eigenvalue weighted by Crippen LogP contribution is -2.20. The molecular formula is C15H22O2. The van der Waals surface area contributed by atoms with Gasteiger partial charge < -0.3 is 4.74 Å². The summed E-state index contributed by atoms with van der Waals surface area (Å²) in [5.74, 6) is -0.113. The lowest BCUT2D eigenvalue weighted by molar-refractivity contribution is -0.141. The third kappa shape index (κ3) is 4.59. The smallest absolute Gasteiger partial charge is 0.305 e. The molecule has 0 heterocycles. The predicted octanol–water partition coefficient (Wildman–Crippen LogP) is 3.60. The van der Waals surface area contributed by atoms with E-state index in [9.17, 15) is 4.79 Å². The molecular weight excluding hydrogens is 212 g/mol. The summed E-state index contributed by atoms with van der Waals surface area (Å²) in [7, 11) is 1.45. The second-order valence-electron chi connectivity index (χ2n) is 4.90. The Bertz CT molecular complexity index is 345. The lowest BCUT2D eigenvalue weighted by atomic mass is 9.77.